The third kappa shape index (κ3) is 9.13. The summed E-state index contributed by atoms with van der Waals surface area (Å²) in [5.41, 5.74) is 0. The SMILES string of the molecule is CCCCCCCCCC(=O)NCC(C)C(=O)Oc1ccccc1O. The van der Waals surface area contributed by atoms with Crippen molar-refractivity contribution < 1.29 is 19.4 Å². The topological polar surface area (TPSA) is 75.6 Å². The number of esters is 1. The Morgan fingerprint density at radius 1 is 1.08 bits per heavy atom. The van der Waals surface area contributed by atoms with Gasteiger partial charge in [0.15, 0.2) is 11.5 Å². The van der Waals surface area contributed by atoms with Crippen LogP contribution in [0.2, 0.25) is 0 Å². The van der Waals surface area contributed by atoms with E-state index >= 15 is 0 Å². The summed E-state index contributed by atoms with van der Waals surface area (Å²) in [6, 6.07) is 6.31. The molecule has 0 radical (unpaired) electrons. The van der Waals surface area contributed by atoms with Crippen molar-refractivity contribution in [3.05, 3.63) is 24.3 Å². The summed E-state index contributed by atoms with van der Waals surface area (Å²) >= 11 is 0. The summed E-state index contributed by atoms with van der Waals surface area (Å²) in [4.78, 5) is 23.8. The second-order valence-electron chi connectivity index (χ2n) is 6.47. The molecule has 25 heavy (non-hydrogen) atoms. The number of aromatic hydroxyl groups is 1. The maximum absolute atomic E-state index is 12.0. The molecule has 1 unspecified atom stereocenters. The van der Waals surface area contributed by atoms with E-state index in [1.165, 1.54) is 44.2 Å². The highest BCUT2D eigenvalue weighted by molar-refractivity contribution is 5.78. The Balaban J connectivity index is 2.16. The van der Waals surface area contributed by atoms with Crippen LogP contribution in [0.1, 0.15) is 65.2 Å². The van der Waals surface area contributed by atoms with E-state index in [1.54, 1.807) is 19.1 Å². The van der Waals surface area contributed by atoms with Crippen molar-refractivity contribution in [2.75, 3.05) is 6.54 Å². The Kier molecular flexibility index (Phi) is 10.4. The van der Waals surface area contributed by atoms with E-state index < -0.39 is 11.9 Å². The molecule has 0 aliphatic rings. The molecule has 0 aromatic heterocycles. The molecule has 1 aromatic rings. The molecular formula is C20H31NO4. The lowest BCUT2D eigenvalue weighted by atomic mass is 10.1. The molecule has 5 nitrogen and oxygen atoms in total. The number of ether oxygens (including phenoxy) is 1. The third-order valence-electron chi connectivity index (χ3n) is 4.09. The third-order valence-corrected chi connectivity index (χ3v) is 4.09. The molecule has 1 amide bonds. The summed E-state index contributed by atoms with van der Waals surface area (Å²) in [5, 5.41) is 12.4. The molecule has 0 spiro atoms. The van der Waals surface area contributed by atoms with Gasteiger partial charge in [0.1, 0.15) is 0 Å². The normalized spacial score (nSPS) is 11.8. The number of carbonyl (C=O) groups is 2. The highest BCUT2D eigenvalue weighted by Gasteiger charge is 2.17. The number of carbonyl (C=O) groups excluding carboxylic acids is 2. The van der Waals surface area contributed by atoms with E-state index in [1.807, 2.05) is 0 Å². The average molecular weight is 349 g/mol. The summed E-state index contributed by atoms with van der Waals surface area (Å²) < 4.78 is 5.14. The maximum atomic E-state index is 12.0. The van der Waals surface area contributed by atoms with Gasteiger partial charge in [0.05, 0.1) is 5.92 Å². The van der Waals surface area contributed by atoms with E-state index in [-0.39, 0.29) is 24.0 Å². The number of benzene rings is 1. The molecule has 0 fully saturated rings. The molecule has 0 heterocycles. The fourth-order valence-corrected chi connectivity index (χ4v) is 2.43. The molecule has 0 bridgehead atoms. The highest BCUT2D eigenvalue weighted by Crippen LogP contribution is 2.25. The second kappa shape index (κ2) is 12.3. The van der Waals surface area contributed by atoms with Crippen LogP contribution in [0, 0.1) is 5.92 Å². The van der Waals surface area contributed by atoms with Gasteiger partial charge >= 0.3 is 5.97 Å². The van der Waals surface area contributed by atoms with Crippen LogP contribution in [-0.4, -0.2) is 23.5 Å². The number of unbranched alkanes of at least 4 members (excludes halogenated alkanes) is 6. The molecule has 1 rings (SSSR count). The lowest BCUT2D eigenvalue weighted by molar-refractivity contribution is -0.138. The minimum Gasteiger partial charge on any atom is -0.504 e. The van der Waals surface area contributed by atoms with Gasteiger partial charge < -0.3 is 15.2 Å². The molecule has 1 aromatic carbocycles. The Bertz CT molecular complexity index is 530. The van der Waals surface area contributed by atoms with Gasteiger partial charge in [0.2, 0.25) is 5.91 Å². The van der Waals surface area contributed by atoms with Crippen LogP contribution < -0.4 is 10.1 Å². The summed E-state index contributed by atoms with van der Waals surface area (Å²) in [5.74, 6) is -0.925. The smallest absolute Gasteiger partial charge is 0.315 e. The molecular weight excluding hydrogens is 318 g/mol. The number of hydrogen-bond donors (Lipinski definition) is 2. The monoisotopic (exact) mass is 349 g/mol. The van der Waals surface area contributed by atoms with E-state index in [9.17, 15) is 14.7 Å². The highest BCUT2D eigenvalue weighted by atomic mass is 16.5. The van der Waals surface area contributed by atoms with Crippen molar-refractivity contribution >= 4 is 11.9 Å². The van der Waals surface area contributed by atoms with Crippen molar-refractivity contribution in [1.82, 2.24) is 5.32 Å². The number of phenolic OH excluding ortho intramolecular Hbond substituents is 1. The fraction of sp³-hybridized carbons (Fsp3) is 0.600. The predicted octanol–water partition coefficient (Wildman–Crippen LogP) is 4.19. The van der Waals surface area contributed by atoms with Gasteiger partial charge in [-0.1, -0.05) is 64.5 Å². The van der Waals surface area contributed by atoms with Crippen LogP contribution in [0.4, 0.5) is 0 Å². The maximum Gasteiger partial charge on any atom is 0.315 e. The first-order valence-corrected chi connectivity index (χ1v) is 9.31. The predicted molar refractivity (Wildman–Crippen MR) is 98.5 cm³/mol. The molecule has 5 heteroatoms. The Labute approximate surface area is 150 Å². The zero-order chi connectivity index (χ0) is 18.5. The minimum absolute atomic E-state index is 0.0317. The first-order chi connectivity index (χ1) is 12.0. The number of rotatable bonds is 12. The Hall–Kier alpha value is -2.04. The van der Waals surface area contributed by atoms with Gasteiger partial charge in [-0.05, 0) is 18.6 Å². The first kappa shape index (κ1) is 21.0. The van der Waals surface area contributed by atoms with Gasteiger partial charge in [0.25, 0.3) is 0 Å². The summed E-state index contributed by atoms with van der Waals surface area (Å²) in [6.07, 6.45) is 8.67. The summed E-state index contributed by atoms with van der Waals surface area (Å²) in [6.45, 7) is 4.13. The number of phenols is 1. The minimum atomic E-state index is -0.474. The molecule has 2 N–H and O–H groups in total. The van der Waals surface area contributed by atoms with Crippen LogP contribution >= 0.6 is 0 Å². The van der Waals surface area contributed by atoms with Crippen molar-refractivity contribution in [3.8, 4) is 11.5 Å². The van der Waals surface area contributed by atoms with Crippen molar-refractivity contribution in [2.24, 2.45) is 5.92 Å². The Morgan fingerprint density at radius 3 is 2.40 bits per heavy atom. The zero-order valence-electron chi connectivity index (χ0n) is 15.4. The van der Waals surface area contributed by atoms with E-state index in [2.05, 4.69) is 12.2 Å². The lowest BCUT2D eigenvalue weighted by Crippen LogP contribution is -2.33. The lowest BCUT2D eigenvalue weighted by Gasteiger charge is -2.13. The number of hydrogen-bond acceptors (Lipinski definition) is 4. The largest absolute Gasteiger partial charge is 0.504 e. The number of para-hydroxylation sites is 2. The average Bonchev–Trinajstić information content (AvgIpc) is 2.60. The van der Waals surface area contributed by atoms with Crippen molar-refractivity contribution in [2.45, 2.75) is 65.2 Å². The quantitative estimate of drug-likeness (QED) is 0.337. The zero-order valence-corrected chi connectivity index (χ0v) is 15.4. The summed E-state index contributed by atoms with van der Waals surface area (Å²) in [7, 11) is 0. The van der Waals surface area contributed by atoms with Crippen LogP contribution in [0.5, 0.6) is 11.5 Å². The number of nitrogens with one attached hydrogen (secondary N) is 1. The second-order valence-corrected chi connectivity index (χ2v) is 6.47. The van der Waals surface area contributed by atoms with Crippen LogP contribution in [-0.2, 0) is 9.59 Å². The van der Waals surface area contributed by atoms with Crippen molar-refractivity contribution in [3.63, 3.8) is 0 Å². The van der Waals surface area contributed by atoms with Gasteiger partial charge in [-0.3, -0.25) is 9.59 Å². The first-order valence-electron chi connectivity index (χ1n) is 9.31. The molecule has 0 saturated carbocycles. The van der Waals surface area contributed by atoms with E-state index in [0.29, 0.717) is 6.42 Å². The molecule has 0 saturated heterocycles. The van der Waals surface area contributed by atoms with Crippen LogP contribution in [0.25, 0.3) is 0 Å². The van der Waals surface area contributed by atoms with E-state index in [0.717, 1.165) is 12.8 Å². The van der Waals surface area contributed by atoms with Crippen LogP contribution in [0.3, 0.4) is 0 Å². The van der Waals surface area contributed by atoms with Gasteiger partial charge in [-0.2, -0.15) is 0 Å². The van der Waals surface area contributed by atoms with Gasteiger partial charge in [-0.15, -0.1) is 0 Å². The van der Waals surface area contributed by atoms with E-state index in [4.69, 9.17) is 4.74 Å². The van der Waals surface area contributed by atoms with Crippen molar-refractivity contribution in [1.29, 1.82) is 0 Å². The molecule has 1 atom stereocenters. The number of amides is 1. The van der Waals surface area contributed by atoms with Crippen LogP contribution in [0.15, 0.2) is 24.3 Å². The molecule has 0 aliphatic heterocycles. The molecule has 140 valence electrons. The fourth-order valence-electron chi connectivity index (χ4n) is 2.43. The van der Waals surface area contributed by atoms with Gasteiger partial charge in [0, 0.05) is 13.0 Å². The Morgan fingerprint density at radius 2 is 1.72 bits per heavy atom. The van der Waals surface area contributed by atoms with Gasteiger partial charge in [-0.25, -0.2) is 0 Å². The standard InChI is InChI=1S/C20H31NO4/c1-3-4-5-6-7-8-9-14-19(23)21-15-16(2)20(24)25-18-13-11-10-12-17(18)22/h10-13,16,22H,3-9,14-15H2,1-2H3,(H,21,23). The molecule has 0 aliphatic carbocycles.